The van der Waals surface area contributed by atoms with Crippen LogP contribution in [0, 0.1) is 0 Å². The van der Waals surface area contributed by atoms with Gasteiger partial charge in [-0.25, -0.2) is 9.79 Å². The molecule has 34 heavy (non-hydrogen) atoms. The van der Waals surface area contributed by atoms with Gasteiger partial charge in [-0.05, 0) is 66.7 Å². The summed E-state index contributed by atoms with van der Waals surface area (Å²) in [6, 6.07) is 21.8. The summed E-state index contributed by atoms with van der Waals surface area (Å²) >= 11 is 4.69. The summed E-state index contributed by atoms with van der Waals surface area (Å²) in [5.74, 6) is -0.498. The first-order valence-corrected chi connectivity index (χ1v) is 12.2. The van der Waals surface area contributed by atoms with Crippen molar-refractivity contribution < 1.29 is 19.4 Å². The van der Waals surface area contributed by atoms with Crippen molar-refractivity contribution in [2.75, 3.05) is 6.54 Å². The van der Waals surface area contributed by atoms with Gasteiger partial charge in [-0.3, -0.25) is 9.69 Å². The number of aromatic carboxylic acids is 1. The van der Waals surface area contributed by atoms with Gasteiger partial charge in [-0.1, -0.05) is 52.3 Å². The number of para-hydroxylation sites is 1. The number of carbonyl (C=O) groups is 2. The van der Waals surface area contributed by atoms with E-state index in [1.807, 2.05) is 61.5 Å². The lowest BCUT2D eigenvalue weighted by Gasteiger charge is -2.12. The number of aliphatic imine (C=N–C) groups is 1. The van der Waals surface area contributed by atoms with E-state index in [0.29, 0.717) is 34.7 Å². The molecule has 1 saturated heterocycles. The van der Waals surface area contributed by atoms with Crippen LogP contribution in [0.3, 0.4) is 0 Å². The number of likely N-dealkylation sites (N-methyl/N-ethyl adjacent to an activating group) is 1. The van der Waals surface area contributed by atoms with Crippen molar-refractivity contribution in [3.8, 4) is 5.75 Å². The lowest BCUT2D eigenvalue weighted by Crippen LogP contribution is -2.28. The molecule has 1 amide bonds. The smallest absolute Gasteiger partial charge is 0.335 e. The summed E-state index contributed by atoms with van der Waals surface area (Å²) < 4.78 is 7.05. The highest BCUT2D eigenvalue weighted by Crippen LogP contribution is 2.35. The van der Waals surface area contributed by atoms with Gasteiger partial charge in [-0.2, -0.15) is 0 Å². The number of thioether (sulfide) groups is 1. The Labute approximate surface area is 210 Å². The van der Waals surface area contributed by atoms with Gasteiger partial charge in [0.15, 0.2) is 5.17 Å². The number of carboxylic acids is 1. The van der Waals surface area contributed by atoms with Crippen LogP contribution in [-0.4, -0.2) is 33.6 Å². The number of benzene rings is 3. The predicted octanol–water partition coefficient (Wildman–Crippen LogP) is 6.35. The van der Waals surface area contributed by atoms with Gasteiger partial charge in [0.05, 0.1) is 16.2 Å². The van der Waals surface area contributed by atoms with Gasteiger partial charge in [0.2, 0.25) is 0 Å². The summed E-state index contributed by atoms with van der Waals surface area (Å²) in [5.41, 5.74) is 2.45. The Kier molecular flexibility index (Phi) is 7.49. The fourth-order valence-corrected chi connectivity index (χ4v) is 4.62. The molecule has 4 rings (SSSR count). The average Bonchev–Trinajstić information content (AvgIpc) is 3.13. The molecule has 3 aromatic carbocycles. The maximum Gasteiger partial charge on any atom is 0.335 e. The van der Waals surface area contributed by atoms with Crippen LogP contribution in [-0.2, 0) is 11.4 Å². The molecule has 0 bridgehead atoms. The van der Waals surface area contributed by atoms with E-state index in [9.17, 15) is 14.7 Å². The predicted molar refractivity (Wildman–Crippen MR) is 138 cm³/mol. The summed E-state index contributed by atoms with van der Waals surface area (Å²) in [6.45, 7) is 2.73. The van der Waals surface area contributed by atoms with Gasteiger partial charge in [0, 0.05) is 16.6 Å². The molecule has 1 N–H and O–H groups in total. The molecule has 0 atom stereocenters. The molecule has 1 aliphatic rings. The maximum absolute atomic E-state index is 13.1. The van der Waals surface area contributed by atoms with Crippen molar-refractivity contribution in [1.29, 1.82) is 0 Å². The molecule has 1 heterocycles. The van der Waals surface area contributed by atoms with E-state index in [1.54, 1.807) is 17.0 Å². The quantitative estimate of drug-likeness (QED) is 0.356. The number of carboxylic acid groups (broad SMARTS) is 1. The van der Waals surface area contributed by atoms with Crippen LogP contribution in [0.5, 0.6) is 5.75 Å². The van der Waals surface area contributed by atoms with E-state index in [4.69, 9.17) is 4.74 Å². The van der Waals surface area contributed by atoms with Crippen LogP contribution in [0.2, 0.25) is 0 Å². The van der Waals surface area contributed by atoms with E-state index in [0.717, 1.165) is 15.6 Å². The number of hydrogen-bond donors (Lipinski definition) is 1. The zero-order chi connectivity index (χ0) is 24.1. The van der Waals surface area contributed by atoms with Crippen LogP contribution >= 0.6 is 27.7 Å². The van der Waals surface area contributed by atoms with E-state index < -0.39 is 5.97 Å². The van der Waals surface area contributed by atoms with Crippen molar-refractivity contribution in [2.24, 2.45) is 4.99 Å². The summed E-state index contributed by atoms with van der Waals surface area (Å²) in [6.07, 6.45) is 1.81. The minimum Gasteiger partial charge on any atom is -0.488 e. The summed E-state index contributed by atoms with van der Waals surface area (Å²) in [5, 5.41) is 9.74. The van der Waals surface area contributed by atoms with Gasteiger partial charge >= 0.3 is 5.97 Å². The van der Waals surface area contributed by atoms with Crippen LogP contribution in [0.15, 0.2) is 87.2 Å². The number of amides is 1. The third-order valence-electron chi connectivity index (χ3n) is 5.04. The number of amidine groups is 1. The second kappa shape index (κ2) is 10.7. The molecule has 1 aliphatic heterocycles. The third kappa shape index (κ3) is 5.58. The summed E-state index contributed by atoms with van der Waals surface area (Å²) in [4.78, 5) is 31.0. The lowest BCUT2D eigenvalue weighted by atomic mass is 10.1. The van der Waals surface area contributed by atoms with Crippen molar-refractivity contribution in [3.05, 3.63) is 98.9 Å². The van der Waals surface area contributed by atoms with Crippen LogP contribution in [0.4, 0.5) is 5.69 Å². The molecule has 6 nitrogen and oxygen atoms in total. The Balaban J connectivity index is 1.58. The number of nitrogens with zero attached hydrogens (tertiary/aromatic N) is 2. The van der Waals surface area contributed by atoms with Crippen LogP contribution in [0.25, 0.3) is 6.08 Å². The minimum atomic E-state index is -1.02. The zero-order valence-corrected chi connectivity index (χ0v) is 20.7. The van der Waals surface area contributed by atoms with Gasteiger partial charge in [0.25, 0.3) is 5.91 Å². The first-order valence-electron chi connectivity index (χ1n) is 10.5. The molecule has 0 spiro atoms. The highest BCUT2D eigenvalue weighted by atomic mass is 79.9. The van der Waals surface area contributed by atoms with Crippen molar-refractivity contribution >= 4 is 56.5 Å². The second-order valence-corrected chi connectivity index (χ2v) is 9.29. The molecule has 0 aliphatic carbocycles. The molecule has 0 aromatic heterocycles. The highest BCUT2D eigenvalue weighted by molar-refractivity contribution is 9.10. The Hall–Kier alpha value is -3.36. The van der Waals surface area contributed by atoms with Crippen molar-refractivity contribution in [3.63, 3.8) is 0 Å². The molecule has 0 radical (unpaired) electrons. The number of carbonyl (C=O) groups excluding carboxylic acids is 1. The SMILES string of the molecule is CCN1C(=O)C(=Cc2ccccc2OCc2ccc(Br)cc2)SC1=Nc1cccc(C(=O)O)c1. The molecular weight excluding hydrogens is 516 g/mol. The largest absolute Gasteiger partial charge is 0.488 e. The topological polar surface area (TPSA) is 79.2 Å². The molecule has 172 valence electrons. The van der Waals surface area contributed by atoms with E-state index in [2.05, 4.69) is 20.9 Å². The zero-order valence-electron chi connectivity index (χ0n) is 18.3. The monoisotopic (exact) mass is 536 g/mol. The first kappa shape index (κ1) is 23.8. The Bertz CT molecular complexity index is 1290. The van der Waals surface area contributed by atoms with Gasteiger partial charge in [-0.15, -0.1) is 0 Å². The normalized spacial score (nSPS) is 15.8. The third-order valence-corrected chi connectivity index (χ3v) is 6.57. The summed E-state index contributed by atoms with van der Waals surface area (Å²) in [7, 11) is 0. The van der Waals surface area contributed by atoms with Gasteiger partial charge in [0.1, 0.15) is 12.4 Å². The Morgan fingerprint density at radius 1 is 1.12 bits per heavy atom. The van der Waals surface area contributed by atoms with Crippen molar-refractivity contribution in [2.45, 2.75) is 13.5 Å². The second-order valence-electron chi connectivity index (χ2n) is 7.36. The molecular formula is C26H21BrN2O4S. The number of ether oxygens (including phenoxy) is 1. The number of halogens is 1. The van der Waals surface area contributed by atoms with Crippen molar-refractivity contribution in [1.82, 2.24) is 4.90 Å². The average molecular weight is 537 g/mol. The first-order chi connectivity index (χ1) is 16.4. The molecule has 0 saturated carbocycles. The molecule has 0 unspecified atom stereocenters. The Morgan fingerprint density at radius 3 is 2.62 bits per heavy atom. The fraction of sp³-hybridized carbons (Fsp3) is 0.115. The van der Waals surface area contributed by atoms with Crippen LogP contribution in [0.1, 0.15) is 28.4 Å². The Morgan fingerprint density at radius 2 is 1.88 bits per heavy atom. The number of rotatable bonds is 7. The standard InChI is InChI=1S/C26H21BrN2O4S/c1-2-29-24(30)23(34-26(29)28-21-8-5-7-19(14-21)25(31)32)15-18-6-3-4-9-22(18)33-16-17-10-12-20(27)13-11-17/h3-15H,2,16H2,1H3,(H,31,32). The minimum absolute atomic E-state index is 0.145. The maximum atomic E-state index is 13.1. The van der Waals surface area contributed by atoms with Gasteiger partial charge < -0.3 is 9.84 Å². The molecule has 8 heteroatoms. The fourth-order valence-electron chi connectivity index (χ4n) is 3.30. The molecule has 1 fully saturated rings. The molecule has 3 aromatic rings. The van der Waals surface area contributed by atoms with E-state index in [-0.39, 0.29) is 11.5 Å². The van der Waals surface area contributed by atoms with E-state index in [1.165, 1.54) is 23.9 Å². The lowest BCUT2D eigenvalue weighted by molar-refractivity contribution is -0.122. The highest BCUT2D eigenvalue weighted by Gasteiger charge is 2.32. The van der Waals surface area contributed by atoms with Crippen LogP contribution < -0.4 is 4.74 Å². The number of hydrogen-bond acceptors (Lipinski definition) is 5. The van der Waals surface area contributed by atoms with E-state index >= 15 is 0 Å².